The molecule has 0 aromatic rings. The van der Waals surface area contributed by atoms with Gasteiger partial charge in [-0.2, -0.15) is 0 Å². The van der Waals surface area contributed by atoms with Crippen LogP contribution < -0.4 is 20.7 Å². The van der Waals surface area contributed by atoms with Gasteiger partial charge in [0, 0.05) is 12.6 Å². The third-order valence-corrected chi connectivity index (χ3v) is 10.6. The van der Waals surface area contributed by atoms with Crippen LogP contribution in [-0.2, 0) is 34.0 Å². The smallest absolute Gasteiger partial charge is 0.289 e. The van der Waals surface area contributed by atoms with E-state index >= 15 is 0 Å². The van der Waals surface area contributed by atoms with Gasteiger partial charge in [0.05, 0.1) is 12.3 Å². The highest BCUT2D eigenvalue weighted by Crippen LogP contribution is 2.43. The van der Waals surface area contributed by atoms with Crippen molar-refractivity contribution in [2.45, 2.75) is 135 Å². The zero-order valence-corrected chi connectivity index (χ0v) is 28.3. The van der Waals surface area contributed by atoms with Crippen molar-refractivity contribution in [2.75, 3.05) is 12.8 Å². The van der Waals surface area contributed by atoms with E-state index in [1.54, 1.807) is 4.90 Å². The van der Waals surface area contributed by atoms with Crippen LogP contribution in [0.15, 0.2) is 0 Å². The Morgan fingerprint density at radius 1 is 0.889 bits per heavy atom. The second-order valence-electron chi connectivity index (χ2n) is 14.8. The Morgan fingerprint density at radius 2 is 1.56 bits per heavy atom. The average Bonchev–Trinajstić information content (AvgIpc) is 3.53. The number of carbonyl (C=O) groups excluding carboxylic acids is 5. The van der Waals surface area contributed by atoms with E-state index in [1.165, 1.54) is 0 Å². The molecule has 6 atom stereocenters. The zero-order valence-electron chi connectivity index (χ0n) is 27.5. The van der Waals surface area contributed by atoms with E-state index in [0.29, 0.717) is 32.2 Å². The van der Waals surface area contributed by atoms with Crippen molar-refractivity contribution in [3.8, 4) is 0 Å². The maximum Gasteiger partial charge on any atom is 0.289 e. The van der Waals surface area contributed by atoms with Crippen LogP contribution in [0.25, 0.3) is 0 Å². The molecule has 4 amide bonds. The fraction of sp³-hybridized carbons (Fsp3) is 0.844. The summed E-state index contributed by atoms with van der Waals surface area (Å²) < 4.78 is 27.1. The van der Waals surface area contributed by atoms with Gasteiger partial charge in [0.25, 0.3) is 5.91 Å². The lowest BCUT2D eigenvalue weighted by molar-refractivity contribution is -0.146. The highest BCUT2D eigenvalue weighted by molar-refractivity contribution is 7.88. The normalized spacial score (nSPS) is 26.0. The number of amides is 4. The largest absolute Gasteiger partial charge is 0.347 e. The molecule has 3 saturated carbocycles. The summed E-state index contributed by atoms with van der Waals surface area (Å²) in [5.74, 6) is -2.94. The molecular weight excluding hydrogens is 598 g/mol. The summed E-state index contributed by atoms with van der Waals surface area (Å²) in [7, 11) is -3.70. The Balaban J connectivity index is 1.55. The van der Waals surface area contributed by atoms with Crippen LogP contribution in [-0.4, -0.2) is 85.7 Å². The second kappa shape index (κ2) is 14.5. The topological polar surface area (TPSA) is 171 Å². The van der Waals surface area contributed by atoms with Crippen LogP contribution in [0.4, 0.5) is 0 Å². The summed E-state index contributed by atoms with van der Waals surface area (Å²) in [4.78, 5) is 69.3. The molecule has 0 bridgehead atoms. The highest BCUT2D eigenvalue weighted by Gasteiger charge is 2.52. The first kappa shape index (κ1) is 35.3. The lowest BCUT2D eigenvalue weighted by atomic mass is 9.82. The third kappa shape index (κ3) is 9.05. The van der Waals surface area contributed by atoms with Gasteiger partial charge in [0.15, 0.2) is 0 Å². The van der Waals surface area contributed by atoms with Crippen molar-refractivity contribution in [1.29, 1.82) is 0 Å². The maximum absolute atomic E-state index is 14.4. The minimum atomic E-state index is -3.70. The number of ketones is 1. The first-order valence-electron chi connectivity index (χ1n) is 16.8. The second-order valence-corrected chi connectivity index (χ2v) is 16.6. The fourth-order valence-corrected chi connectivity index (χ4v) is 8.19. The summed E-state index contributed by atoms with van der Waals surface area (Å²) in [6, 6.07) is -3.85. The van der Waals surface area contributed by atoms with Gasteiger partial charge in [0.2, 0.25) is 33.5 Å². The van der Waals surface area contributed by atoms with Crippen LogP contribution in [0.2, 0.25) is 0 Å². The van der Waals surface area contributed by atoms with Gasteiger partial charge in [-0.3, -0.25) is 24.0 Å². The lowest BCUT2D eigenvalue weighted by Crippen LogP contribution is -2.62. The van der Waals surface area contributed by atoms with E-state index in [4.69, 9.17) is 0 Å². The number of hydrogen-bond acceptors (Lipinski definition) is 7. The molecule has 0 spiro atoms. The summed E-state index contributed by atoms with van der Waals surface area (Å²) in [5.41, 5.74) is -0.755. The van der Waals surface area contributed by atoms with Crippen molar-refractivity contribution in [2.24, 2.45) is 23.2 Å². The molecule has 1 saturated heterocycles. The summed E-state index contributed by atoms with van der Waals surface area (Å²) >= 11 is 0. The molecule has 4 fully saturated rings. The molecule has 4 aliphatic rings. The number of rotatable bonds is 13. The van der Waals surface area contributed by atoms with Crippen molar-refractivity contribution >= 4 is 39.4 Å². The standard InChI is InChI=1S/C32H53N5O7S/c1-6-11-23(26(38)30(41)33-21-16-17-21)34-29(40)25-22-15-10-14-20(22)18-37(25)31(42)27(32(2,3)4)35-28(39)24(36-45(5,43)44)19-12-8-7-9-13-19/h19-25,27,36H,6-18H2,1-5H3,(H,33,41)(H,34,40)(H,35,39)/t20-,22-,23+,24+,25-,27+/m0/s1. The van der Waals surface area contributed by atoms with E-state index < -0.39 is 69.0 Å². The SMILES string of the molecule is CCC[C@@H](NC(=O)[C@@H]1[C@H]2CCC[C@H]2CN1C(=O)[C@@H](NC(=O)[C@H](NS(C)(=O)=O)C1CCCCC1)C(C)(C)C)C(=O)C(=O)NC1CC1. The van der Waals surface area contributed by atoms with E-state index in [2.05, 4.69) is 20.7 Å². The number of Topliss-reactive ketones (excluding diaryl/α,β-unsaturated/α-hetero) is 1. The van der Waals surface area contributed by atoms with Crippen LogP contribution in [0.3, 0.4) is 0 Å². The number of fused-ring (bicyclic) bond motifs is 1. The number of nitrogens with one attached hydrogen (secondary N) is 4. The van der Waals surface area contributed by atoms with Gasteiger partial charge in [-0.15, -0.1) is 0 Å². The quantitative estimate of drug-likeness (QED) is 0.220. The maximum atomic E-state index is 14.4. The first-order valence-corrected chi connectivity index (χ1v) is 18.7. The van der Waals surface area contributed by atoms with Gasteiger partial charge in [-0.05, 0) is 68.1 Å². The number of likely N-dealkylation sites (tertiary alicyclic amines) is 1. The molecule has 0 unspecified atom stereocenters. The Kier molecular flexibility index (Phi) is 11.4. The molecule has 3 aliphatic carbocycles. The molecule has 1 heterocycles. The Bertz CT molecular complexity index is 1240. The number of sulfonamides is 1. The average molecular weight is 652 g/mol. The highest BCUT2D eigenvalue weighted by atomic mass is 32.2. The Hall–Kier alpha value is -2.54. The van der Waals surface area contributed by atoms with Crippen molar-refractivity contribution in [3.63, 3.8) is 0 Å². The summed E-state index contributed by atoms with van der Waals surface area (Å²) in [6.07, 6.45) is 10.4. The molecule has 45 heavy (non-hydrogen) atoms. The van der Waals surface area contributed by atoms with Gasteiger partial charge >= 0.3 is 0 Å². The lowest BCUT2D eigenvalue weighted by Gasteiger charge is -2.38. The van der Waals surface area contributed by atoms with Crippen molar-refractivity contribution < 1.29 is 32.4 Å². The van der Waals surface area contributed by atoms with Crippen LogP contribution in [0.5, 0.6) is 0 Å². The molecule has 254 valence electrons. The Labute approximate surface area is 268 Å². The molecule has 12 nitrogen and oxygen atoms in total. The number of hydrogen-bond donors (Lipinski definition) is 4. The molecule has 1 aliphatic heterocycles. The number of nitrogens with zero attached hydrogens (tertiary/aromatic N) is 1. The van der Waals surface area contributed by atoms with Gasteiger partial charge in [-0.1, -0.05) is 59.8 Å². The molecule has 0 aromatic carbocycles. The van der Waals surface area contributed by atoms with Crippen LogP contribution in [0, 0.1) is 23.2 Å². The molecule has 0 aromatic heterocycles. The zero-order chi connectivity index (χ0) is 33.1. The minimum Gasteiger partial charge on any atom is -0.347 e. The fourth-order valence-electron chi connectivity index (χ4n) is 7.43. The summed E-state index contributed by atoms with van der Waals surface area (Å²) in [5, 5.41) is 8.44. The van der Waals surface area contributed by atoms with Gasteiger partial charge in [-0.25, -0.2) is 13.1 Å². The molecule has 4 N–H and O–H groups in total. The van der Waals surface area contributed by atoms with Gasteiger partial charge < -0.3 is 20.9 Å². The summed E-state index contributed by atoms with van der Waals surface area (Å²) in [6.45, 7) is 7.72. The predicted molar refractivity (Wildman–Crippen MR) is 169 cm³/mol. The van der Waals surface area contributed by atoms with Crippen LogP contribution in [0.1, 0.15) is 105 Å². The van der Waals surface area contributed by atoms with E-state index in [9.17, 15) is 32.4 Å². The Morgan fingerprint density at radius 3 is 2.13 bits per heavy atom. The predicted octanol–water partition coefficient (Wildman–Crippen LogP) is 1.78. The monoisotopic (exact) mass is 651 g/mol. The molecular formula is C32H53N5O7S. The van der Waals surface area contributed by atoms with Crippen LogP contribution >= 0.6 is 0 Å². The molecule has 0 radical (unpaired) electrons. The van der Waals surface area contributed by atoms with E-state index in [-0.39, 0.29) is 23.8 Å². The molecule has 13 heteroatoms. The first-order chi connectivity index (χ1) is 21.1. The van der Waals surface area contributed by atoms with Crippen molar-refractivity contribution in [1.82, 2.24) is 25.6 Å². The van der Waals surface area contributed by atoms with Gasteiger partial charge in [0.1, 0.15) is 18.1 Å². The minimum absolute atomic E-state index is 0.0107. The van der Waals surface area contributed by atoms with E-state index in [0.717, 1.165) is 57.6 Å². The third-order valence-electron chi connectivity index (χ3n) is 9.93. The number of carbonyl (C=O) groups is 5. The van der Waals surface area contributed by atoms with Crippen molar-refractivity contribution in [3.05, 3.63) is 0 Å². The molecule has 4 rings (SSSR count). The van der Waals surface area contributed by atoms with E-state index in [1.807, 2.05) is 27.7 Å².